The fraction of sp³-hybridized carbons (Fsp3) is 0.474. The van der Waals surface area contributed by atoms with Crippen LogP contribution in [-0.4, -0.2) is 29.0 Å². The zero-order chi connectivity index (χ0) is 17.8. The molecule has 3 rings (SSSR count). The molecule has 134 valence electrons. The van der Waals surface area contributed by atoms with Crippen LogP contribution in [0.1, 0.15) is 36.3 Å². The Hall–Kier alpha value is -2.50. The molecule has 2 atom stereocenters. The number of nitrogens with zero attached hydrogens (tertiary/aromatic N) is 2. The zero-order valence-corrected chi connectivity index (χ0v) is 15.1. The van der Waals surface area contributed by atoms with Gasteiger partial charge in [0.25, 0.3) is 0 Å². The van der Waals surface area contributed by atoms with Gasteiger partial charge in [-0.05, 0) is 31.9 Å². The highest BCUT2D eigenvalue weighted by atomic mass is 16.5. The van der Waals surface area contributed by atoms with Gasteiger partial charge in [-0.15, -0.1) is 0 Å². The van der Waals surface area contributed by atoms with Crippen LogP contribution in [0.5, 0.6) is 5.75 Å². The van der Waals surface area contributed by atoms with Crippen LogP contribution in [-0.2, 0) is 6.54 Å². The summed E-state index contributed by atoms with van der Waals surface area (Å²) in [5.41, 5.74) is 3.21. The van der Waals surface area contributed by atoms with E-state index in [9.17, 15) is 4.79 Å². The Labute approximate surface area is 148 Å². The Bertz CT molecular complexity index is 741. The lowest BCUT2D eigenvalue weighted by Gasteiger charge is -2.27. The zero-order valence-electron chi connectivity index (χ0n) is 15.1. The van der Waals surface area contributed by atoms with Gasteiger partial charge in [0.1, 0.15) is 5.75 Å². The van der Waals surface area contributed by atoms with Gasteiger partial charge in [0.15, 0.2) is 0 Å². The van der Waals surface area contributed by atoms with E-state index in [0.29, 0.717) is 19.1 Å². The Morgan fingerprint density at radius 2 is 2.20 bits per heavy atom. The lowest BCUT2D eigenvalue weighted by atomic mass is 10.0. The minimum atomic E-state index is -0.137. The van der Waals surface area contributed by atoms with Crippen molar-refractivity contribution in [2.75, 3.05) is 13.2 Å². The number of aromatic nitrogens is 2. The third-order valence-electron chi connectivity index (χ3n) is 4.46. The number of carbonyl (C=O) groups is 1. The second kappa shape index (κ2) is 7.59. The molecule has 0 unspecified atom stereocenters. The van der Waals surface area contributed by atoms with Gasteiger partial charge in [-0.1, -0.05) is 25.1 Å². The highest BCUT2D eigenvalue weighted by Gasteiger charge is 2.22. The molecule has 0 bridgehead atoms. The standard InChI is InChI=1S/C19H26N4O2/c1-13(12-23-15(3)10-14(2)22-23)11-20-19(24)21-17-8-9-25-18-7-5-4-6-16(17)18/h4-7,10,13,17H,8-9,11-12H2,1-3H3,(H2,20,21,24)/t13-,17+/m0/s1. The molecule has 1 aliphatic heterocycles. The van der Waals surface area contributed by atoms with Crippen molar-refractivity contribution < 1.29 is 9.53 Å². The first-order valence-corrected chi connectivity index (χ1v) is 8.80. The van der Waals surface area contributed by atoms with Gasteiger partial charge in [-0.2, -0.15) is 5.10 Å². The largest absolute Gasteiger partial charge is 0.493 e. The number of nitrogens with one attached hydrogen (secondary N) is 2. The average Bonchev–Trinajstić information content (AvgIpc) is 2.90. The molecule has 0 saturated heterocycles. The molecule has 6 nitrogen and oxygen atoms in total. The number of aryl methyl sites for hydroxylation is 2. The van der Waals surface area contributed by atoms with Crippen molar-refractivity contribution in [1.29, 1.82) is 0 Å². The van der Waals surface area contributed by atoms with E-state index in [1.165, 1.54) is 0 Å². The van der Waals surface area contributed by atoms with Gasteiger partial charge in [0.2, 0.25) is 0 Å². The van der Waals surface area contributed by atoms with Crippen LogP contribution in [0.25, 0.3) is 0 Å². The van der Waals surface area contributed by atoms with Crippen molar-refractivity contribution in [2.45, 2.75) is 39.8 Å². The molecule has 2 aromatic rings. The number of ether oxygens (including phenoxy) is 1. The van der Waals surface area contributed by atoms with Crippen molar-refractivity contribution in [3.63, 3.8) is 0 Å². The monoisotopic (exact) mass is 342 g/mol. The van der Waals surface area contributed by atoms with Gasteiger partial charge >= 0.3 is 6.03 Å². The molecule has 2 heterocycles. The van der Waals surface area contributed by atoms with Crippen LogP contribution in [0.4, 0.5) is 4.79 Å². The SMILES string of the molecule is Cc1cc(C)n(C[C@@H](C)CNC(=O)N[C@@H]2CCOc3ccccc32)n1. The Morgan fingerprint density at radius 3 is 2.96 bits per heavy atom. The van der Waals surface area contributed by atoms with E-state index in [-0.39, 0.29) is 12.1 Å². The summed E-state index contributed by atoms with van der Waals surface area (Å²) in [5, 5.41) is 10.5. The highest BCUT2D eigenvalue weighted by molar-refractivity contribution is 5.74. The predicted molar refractivity (Wildman–Crippen MR) is 96.7 cm³/mol. The maximum absolute atomic E-state index is 12.3. The van der Waals surface area contributed by atoms with Gasteiger partial charge in [0.05, 0.1) is 18.3 Å². The molecule has 6 heteroatoms. The Balaban J connectivity index is 1.49. The third-order valence-corrected chi connectivity index (χ3v) is 4.46. The Kier molecular flexibility index (Phi) is 5.26. The molecule has 0 radical (unpaired) electrons. The quantitative estimate of drug-likeness (QED) is 0.878. The molecule has 0 spiro atoms. The normalized spacial score (nSPS) is 17.3. The molecule has 0 saturated carbocycles. The molecule has 25 heavy (non-hydrogen) atoms. The van der Waals surface area contributed by atoms with Gasteiger partial charge in [-0.25, -0.2) is 4.79 Å². The number of benzene rings is 1. The molecule has 2 N–H and O–H groups in total. The smallest absolute Gasteiger partial charge is 0.315 e. The van der Waals surface area contributed by atoms with Gasteiger partial charge in [-0.3, -0.25) is 4.68 Å². The van der Waals surface area contributed by atoms with Crippen LogP contribution < -0.4 is 15.4 Å². The minimum Gasteiger partial charge on any atom is -0.493 e. The Morgan fingerprint density at radius 1 is 1.40 bits per heavy atom. The van der Waals surface area contributed by atoms with Crippen LogP contribution in [0.3, 0.4) is 0 Å². The third kappa shape index (κ3) is 4.32. The van der Waals surface area contributed by atoms with Gasteiger partial charge < -0.3 is 15.4 Å². The topological polar surface area (TPSA) is 68.2 Å². The summed E-state index contributed by atoms with van der Waals surface area (Å²) in [6, 6.07) is 9.79. The molecule has 1 aromatic heterocycles. The number of para-hydroxylation sites is 1. The van der Waals surface area contributed by atoms with E-state index in [2.05, 4.69) is 35.6 Å². The molecule has 1 aliphatic rings. The summed E-state index contributed by atoms with van der Waals surface area (Å²) in [6.45, 7) is 8.17. The fourth-order valence-corrected chi connectivity index (χ4v) is 3.19. The molecular formula is C19H26N4O2. The molecular weight excluding hydrogens is 316 g/mol. The van der Waals surface area contributed by atoms with Crippen LogP contribution in [0, 0.1) is 19.8 Å². The number of urea groups is 1. The maximum Gasteiger partial charge on any atom is 0.315 e. The van der Waals surface area contributed by atoms with E-state index in [0.717, 1.165) is 35.7 Å². The van der Waals surface area contributed by atoms with E-state index in [1.807, 2.05) is 35.9 Å². The van der Waals surface area contributed by atoms with Crippen LogP contribution >= 0.6 is 0 Å². The lowest BCUT2D eigenvalue weighted by molar-refractivity contribution is 0.221. The van der Waals surface area contributed by atoms with Crippen LogP contribution in [0.15, 0.2) is 30.3 Å². The van der Waals surface area contributed by atoms with Gasteiger partial charge in [0, 0.05) is 30.8 Å². The summed E-state index contributed by atoms with van der Waals surface area (Å²) >= 11 is 0. The molecule has 0 fully saturated rings. The first-order valence-electron chi connectivity index (χ1n) is 8.80. The van der Waals surface area contributed by atoms with Crippen molar-refractivity contribution in [3.05, 3.63) is 47.3 Å². The number of carbonyl (C=O) groups excluding carboxylic acids is 1. The first-order chi connectivity index (χ1) is 12.0. The number of amides is 2. The molecule has 1 aromatic carbocycles. The second-order valence-corrected chi connectivity index (χ2v) is 6.80. The number of hydrogen-bond donors (Lipinski definition) is 2. The number of rotatable bonds is 5. The van der Waals surface area contributed by atoms with E-state index < -0.39 is 0 Å². The summed E-state index contributed by atoms with van der Waals surface area (Å²) in [7, 11) is 0. The molecule has 0 aliphatic carbocycles. The second-order valence-electron chi connectivity index (χ2n) is 6.80. The van der Waals surface area contributed by atoms with Crippen molar-refractivity contribution in [2.24, 2.45) is 5.92 Å². The van der Waals surface area contributed by atoms with Crippen molar-refractivity contribution >= 4 is 6.03 Å². The fourth-order valence-electron chi connectivity index (χ4n) is 3.19. The minimum absolute atomic E-state index is 0.00346. The summed E-state index contributed by atoms with van der Waals surface area (Å²) in [4.78, 5) is 12.3. The highest BCUT2D eigenvalue weighted by Crippen LogP contribution is 2.31. The number of fused-ring (bicyclic) bond motifs is 1. The number of hydrogen-bond acceptors (Lipinski definition) is 3. The summed E-state index contributed by atoms with van der Waals surface area (Å²) in [5.74, 6) is 1.16. The first kappa shape index (κ1) is 17.3. The lowest BCUT2D eigenvalue weighted by Crippen LogP contribution is -2.41. The van der Waals surface area contributed by atoms with Crippen LogP contribution in [0.2, 0.25) is 0 Å². The van der Waals surface area contributed by atoms with Crippen molar-refractivity contribution in [3.8, 4) is 5.75 Å². The van der Waals surface area contributed by atoms with E-state index in [1.54, 1.807) is 0 Å². The van der Waals surface area contributed by atoms with E-state index in [4.69, 9.17) is 4.74 Å². The molecule has 2 amide bonds. The van der Waals surface area contributed by atoms with Crippen molar-refractivity contribution in [1.82, 2.24) is 20.4 Å². The average molecular weight is 342 g/mol. The maximum atomic E-state index is 12.3. The summed E-state index contributed by atoms with van der Waals surface area (Å²) < 4.78 is 7.63. The van der Waals surface area contributed by atoms with E-state index >= 15 is 0 Å². The summed E-state index contributed by atoms with van der Waals surface area (Å²) in [6.07, 6.45) is 0.783. The predicted octanol–water partition coefficient (Wildman–Crippen LogP) is 2.96.